The van der Waals surface area contributed by atoms with Crippen LogP contribution in [0.4, 0.5) is 5.69 Å². The summed E-state index contributed by atoms with van der Waals surface area (Å²) in [6, 6.07) is 2.92. The molecule has 0 aliphatic rings. The highest BCUT2D eigenvalue weighted by molar-refractivity contribution is 7.90. The van der Waals surface area contributed by atoms with Gasteiger partial charge < -0.3 is 5.32 Å². The van der Waals surface area contributed by atoms with E-state index < -0.39 is 32.4 Å². The molecule has 0 saturated heterocycles. The average molecular weight is 321 g/mol. The highest BCUT2D eigenvalue weighted by atomic mass is 35.5. The van der Waals surface area contributed by atoms with E-state index in [0.717, 1.165) is 12.3 Å². The average Bonchev–Trinajstić information content (AvgIpc) is 2.25. The van der Waals surface area contributed by atoms with Crippen molar-refractivity contribution in [1.82, 2.24) is 5.32 Å². The normalized spacial score (nSPS) is 12.8. The van der Waals surface area contributed by atoms with Gasteiger partial charge in [-0.1, -0.05) is 11.6 Å². The first-order chi connectivity index (χ1) is 9.10. The van der Waals surface area contributed by atoms with Crippen LogP contribution in [0.3, 0.4) is 0 Å². The molecule has 7 nitrogen and oxygen atoms in total. The van der Waals surface area contributed by atoms with E-state index in [-0.39, 0.29) is 16.3 Å². The summed E-state index contributed by atoms with van der Waals surface area (Å²) < 4.78 is 22.2. The third-order valence-electron chi connectivity index (χ3n) is 2.33. The standard InChI is InChI=1S/C11H13ClN2O5S/c1-7(6-20(2,18)19)13-11(15)9-5-8(12)3-4-10(9)14(16)17/h3-5,7H,6H2,1-2H3,(H,13,15). The van der Waals surface area contributed by atoms with Crippen LogP contribution in [-0.2, 0) is 9.84 Å². The number of hydrogen-bond acceptors (Lipinski definition) is 5. The first-order valence-electron chi connectivity index (χ1n) is 5.52. The smallest absolute Gasteiger partial charge is 0.282 e. The Balaban J connectivity index is 2.98. The lowest BCUT2D eigenvalue weighted by atomic mass is 10.1. The quantitative estimate of drug-likeness (QED) is 0.652. The summed E-state index contributed by atoms with van der Waals surface area (Å²) in [5, 5.41) is 13.4. The molecule has 1 aromatic carbocycles. The molecular formula is C11H13ClN2O5S. The fourth-order valence-corrected chi connectivity index (χ4v) is 2.81. The number of hydrogen-bond donors (Lipinski definition) is 1. The van der Waals surface area contributed by atoms with Gasteiger partial charge in [0.1, 0.15) is 15.4 Å². The zero-order valence-corrected chi connectivity index (χ0v) is 12.4. The van der Waals surface area contributed by atoms with Gasteiger partial charge in [-0.25, -0.2) is 8.42 Å². The molecule has 110 valence electrons. The zero-order valence-electron chi connectivity index (χ0n) is 10.8. The Hall–Kier alpha value is -1.67. The van der Waals surface area contributed by atoms with Crippen LogP contribution >= 0.6 is 11.6 Å². The Labute approximate surface area is 121 Å². The Morgan fingerprint density at radius 1 is 1.50 bits per heavy atom. The summed E-state index contributed by atoms with van der Waals surface area (Å²) in [6.45, 7) is 1.50. The monoisotopic (exact) mass is 320 g/mol. The van der Waals surface area contributed by atoms with Crippen molar-refractivity contribution in [3.8, 4) is 0 Å². The predicted molar refractivity (Wildman–Crippen MR) is 74.7 cm³/mol. The van der Waals surface area contributed by atoms with Gasteiger partial charge in [-0.3, -0.25) is 14.9 Å². The van der Waals surface area contributed by atoms with Gasteiger partial charge in [0.05, 0.1) is 10.7 Å². The van der Waals surface area contributed by atoms with Crippen LogP contribution < -0.4 is 5.32 Å². The number of amides is 1. The molecule has 0 heterocycles. The van der Waals surface area contributed by atoms with E-state index in [1.54, 1.807) is 0 Å². The van der Waals surface area contributed by atoms with E-state index in [2.05, 4.69) is 5.32 Å². The number of halogens is 1. The van der Waals surface area contributed by atoms with Gasteiger partial charge in [0.2, 0.25) is 0 Å². The van der Waals surface area contributed by atoms with E-state index in [4.69, 9.17) is 11.6 Å². The van der Waals surface area contributed by atoms with E-state index in [1.165, 1.54) is 19.1 Å². The molecule has 1 N–H and O–H groups in total. The van der Waals surface area contributed by atoms with Gasteiger partial charge in [-0.05, 0) is 19.1 Å². The minimum absolute atomic E-state index is 0.177. The topological polar surface area (TPSA) is 106 Å². The third kappa shape index (κ3) is 4.78. The van der Waals surface area contributed by atoms with Crippen LogP contribution in [0.2, 0.25) is 5.02 Å². The molecule has 1 unspecified atom stereocenters. The highest BCUT2D eigenvalue weighted by Crippen LogP contribution is 2.22. The Bertz CT molecular complexity index is 644. The van der Waals surface area contributed by atoms with Gasteiger partial charge in [0.25, 0.3) is 11.6 Å². The van der Waals surface area contributed by atoms with Crippen molar-refractivity contribution >= 4 is 33.0 Å². The number of carbonyl (C=O) groups excluding carboxylic acids is 1. The van der Waals surface area contributed by atoms with Crippen molar-refractivity contribution in [1.29, 1.82) is 0 Å². The van der Waals surface area contributed by atoms with E-state index in [0.29, 0.717) is 0 Å². The first kappa shape index (κ1) is 16.4. The Morgan fingerprint density at radius 2 is 2.10 bits per heavy atom. The van der Waals surface area contributed by atoms with Crippen molar-refractivity contribution in [3.05, 3.63) is 38.9 Å². The fraction of sp³-hybridized carbons (Fsp3) is 0.364. The minimum atomic E-state index is -3.26. The van der Waals surface area contributed by atoms with Crippen molar-refractivity contribution in [3.63, 3.8) is 0 Å². The van der Waals surface area contributed by atoms with Gasteiger partial charge in [0, 0.05) is 23.4 Å². The molecule has 9 heteroatoms. The molecule has 0 aliphatic carbocycles. The Kier molecular flexibility index (Phi) is 5.07. The molecule has 0 saturated carbocycles. The molecule has 1 aromatic rings. The van der Waals surface area contributed by atoms with Crippen LogP contribution in [-0.4, -0.2) is 37.3 Å². The van der Waals surface area contributed by atoms with Crippen LogP contribution in [0.5, 0.6) is 0 Å². The molecule has 1 atom stereocenters. The minimum Gasteiger partial charge on any atom is -0.348 e. The summed E-state index contributed by atoms with van der Waals surface area (Å²) in [4.78, 5) is 22.1. The number of carbonyl (C=O) groups is 1. The number of nitro benzene ring substituents is 1. The van der Waals surface area contributed by atoms with Crippen LogP contribution in [0.1, 0.15) is 17.3 Å². The van der Waals surface area contributed by atoms with E-state index in [9.17, 15) is 23.3 Å². The number of sulfone groups is 1. The SMILES string of the molecule is CC(CS(C)(=O)=O)NC(=O)c1cc(Cl)ccc1[N+](=O)[O-]. The molecule has 1 amide bonds. The number of nitrogens with one attached hydrogen (secondary N) is 1. The van der Waals surface area contributed by atoms with Crippen LogP contribution in [0.25, 0.3) is 0 Å². The maximum absolute atomic E-state index is 11.9. The van der Waals surface area contributed by atoms with E-state index in [1.807, 2.05) is 0 Å². The van der Waals surface area contributed by atoms with Crippen LogP contribution in [0, 0.1) is 10.1 Å². The highest BCUT2D eigenvalue weighted by Gasteiger charge is 2.22. The number of rotatable bonds is 5. The second-order valence-electron chi connectivity index (χ2n) is 4.39. The largest absolute Gasteiger partial charge is 0.348 e. The third-order valence-corrected chi connectivity index (χ3v) is 3.67. The molecule has 0 radical (unpaired) electrons. The molecular weight excluding hydrogens is 308 g/mol. The second kappa shape index (κ2) is 6.19. The molecule has 0 aromatic heterocycles. The molecule has 1 rings (SSSR count). The van der Waals surface area contributed by atoms with Crippen LogP contribution in [0.15, 0.2) is 18.2 Å². The Morgan fingerprint density at radius 3 is 2.60 bits per heavy atom. The van der Waals surface area contributed by atoms with Gasteiger partial charge in [-0.15, -0.1) is 0 Å². The van der Waals surface area contributed by atoms with Crippen molar-refractivity contribution in [2.45, 2.75) is 13.0 Å². The second-order valence-corrected chi connectivity index (χ2v) is 7.01. The van der Waals surface area contributed by atoms with Gasteiger partial charge in [-0.2, -0.15) is 0 Å². The predicted octanol–water partition coefficient (Wildman–Crippen LogP) is 1.41. The lowest BCUT2D eigenvalue weighted by Gasteiger charge is -2.12. The van der Waals surface area contributed by atoms with E-state index >= 15 is 0 Å². The number of nitrogens with zero attached hydrogens (tertiary/aromatic N) is 1. The van der Waals surface area contributed by atoms with Crippen molar-refractivity contribution < 1.29 is 18.1 Å². The molecule has 20 heavy (non-hydrogen) atoms. The number of nitro groups is 1. The lowest BCUT2D eigenvalue weighted by Crippen LogP contribution is -2.37. The number of benzene rings is 1. The van der Waals surface area contributed by atoms with Gasteiger partial charge >= 0.3 is 0 Å². The fourth-order valence-electron chi connectivity index (χ4n) is 1.65. The first-order valence-corrected chi connectivity index (χ1v) is 7.96. The molecule has 0 fully saturated rings. The summed E-state index contributed by atoms with van der Waals surface area (Å²) in [5.74, 6) is -0.997. The zero-order chi connectivity index (χ0) is 15.5. The summed E-state index contributed by atoms with van der Waals surface area (Å²) >= 11 is 5.71. The molecule has 0 spiro atoms. The molecule has 0 aliphatic heterocycles. The van der Waals surface area contributed by atoms with Crippen molar-refractivity contribution in [2.24, 2.45) is 0 Å². The summed E-state index contributed by atoms with van der Waals surface area (Å²) in [6.07, 6.45) is 1.04. The summed E-state index contributed by atoms with van der Waals surface area (Å²) in [7, 11) is -3.26. The molecule has 0 bridgehead atoms. The maximum atomic E-state index is 11.9. The van der Waals surface area contributed by atoms with Crippen molar-refractivity contribution in [2.75, 3.05) is 12.0 Å². The van der Waals surface area contributed by atoms with Gasteiger partial charge in [0.15, 0.2) is 0 Å². The lowest BCUT2D eigenvalue weighted by molar-refractivity contribution is -0.385. The maximum Gasteiger partial charge on any atom is 0.282 e. The summed E-state index contributed by atoms with van der Waals surface area (Å²) in [5.41, 5.74) is -0.596.